The topological polar surface area (TPSA) is 46.2 Å². The Balaban J connectivity index is 3.00. The molecule has 0 radical (unpaired) electrons. The molecule has 3 nitrogen and oxygen atoms in total. The van der Waals surface area contributed by atoms with Crippen LogP contribution in [0.25, 0.3) is 0 Å². The van der Waals surface area contributed by atoms with Gasteiger partial charge in [0.15, 0.2) is 0 Å². The second-order valence-electron chi connectivity index (χ2n) is 4.19. The van der Waals surface area contributed by atoms with E-state index < -0.39 is 10.0 Å². The molecule has 0 amide bonds. The predicted octanol–water partition coefficient (Wildman–Crippen LogP) is 2.30. The van der Waals surface area contributed by atoms with E-state index >= 15 is 0 Å². The summed E-state index contributed by atoms with van der Waals surface area (Å²) < 4.78 is 25.1. The number of hydrogen-bond acceptors (Lipinski definition) is 2. The van der Waals surface area contributed by atoms with Crippen molar-refractivity contribution in [3.8, 4) is 0 Å². The highest BCUT2D eigenvalue weighted by atomic mass is 32.2. The molecular weight excluding hydrogens is 222 g/mol. The van der Waals surface area contributed by atoms with Crippen molar-refractivity contribution in [1.29, 1.82) is 0 Å². The van der Waals surface area contributed by atoms with E-state index in [1.54, 1.807) is 0 Å². The highest BCUT2D eigenvalue weighted by Gasteiger charge is 2.14. The van der Waals surface area contributed by atoms with Gasteiger partial charge in [-0.3, -0.25) is 0 Å². The molecule has 16 heavy (non-hydrogen) atoms. The Bertz CT molecular complexity index is 466. The maximum Gasteiger partial charge on any atom is 0.209 e. The van der Waals surface area contributed by atoms with Gasteiger partial charge in [-0.15, -0.1) is 0 Å². The van der Waals surface area contributed by atoms with Crippen LogP contribution in [0.5, 0.6) is 0 Å². The van der Waals surface area contributed by atoms with Gasteiger partial charge in [0.25, 0.3) is 0 Å². The molecule has 0 fully saturated rings. The van der Waals surface area contributed by atoms with Crippen molar-refractivity contribution in [3.63, 3.8) is 0 Å². The van der Waals surface area contributed by atoms with Crippen LogP contribution in [0, 0.1) is 13.8 Å². The molecule has 0 saturated carbocycles. The molecule has 0 saturated heterocycles. The van der Waals surface area contributed by atoms with Gasteiger partial charge in [0.05, 0.1) is 6.26 Å². The zero-order chi connectivity index (χ0) is 12.3. The highest BCUT2D eigenvalue weighted by molar-refractivity contribution is 7.88. The van der Waals surface area contributed by atoms with Crippen molar-refractivity contribution in [2.45, 2.75) is 33.2 Å². The lowest BCUT2D eigenvalue weighted by Gasteiger charge is -2.17. The molecule has 0 aliphatic heterocycles. The fraction of sp³-hybridized carbons (Fsp3) is 0.500. The van der Waals surface area contributed by atoms with Gasteiger partial charge in [0.1, 0.15) is 0 Å². The van der Waals surface area contributed by atoms with Crippen LogP contribution >= 0.6 is 0 Å². The number of aryl methyl sites for hydroxylation is 2. The molecule has 1 N–H and O–H groups in total. The third kappa shape index (κ3) is 3.61. The number of benzene rings is 1. The first-order valence-electron chi connectivity index (χ1n) is 5.38. The van der Waals surface area contributed by atoms with E-state index in [9.17, 15) is 8.42 Å². The SMILES string of the molecule is CC[C@H](NS(C)(=O)=O)c1ccc(C)c(C)c1. The molecule has 1 aromatic carbocycles. The molecule has 0 aliphatic rings. The van der Waals surface area contributed by atoms with Crippen LogP contribution in [0.2, 0.25) is 0 Å². The third-order valence-corrected chi connectivity index (χ3v) is 3.41. The number of rotatable bonds is 4. The van der Waals surface area contributed by atoms with Crippen molar-refractivity contribution in [1.82, 2.24) is 4.72 Å². The molecule has 1 aromatic rings. The molecular formula is C12H19NO2S. The second kappa shape index (κ2) is 4.97. The van der Waals surface area contributed by atoms with Crippen LogP contribution in [0.1, 0.15) is 36.1 Å². The Labute approximate surface area is 97.9 Å². The van der Waals surface area contributed by atoms with Crippen LogP contribution in [0.3, 0.4) is 0 Å². The molecule has 1 rings (SSSR count). The molecule has 4 heteroatoms. The quantitative estimate of drug-likeness (QED) is 0.879. The molecule has 90 valence electrons. The maximum atomic E-state index is 11.2. The van der Waals surface area contributed by atoms with Gasteiger partial charge in [0.2, 0.25) is 10.0 Å². The van der Waals surface area contributed by atoms with E-state index in [4.69, 9.17) is 0 Å². The Morgan fingerprint density at radius 2 is 1.88 bits per heavy atom. The molecule has 0 aromatic heterocycles. The molecule has 1 atom stereocenters. The number of hydrogen-bond donors (Lipinski definition) is 1. The van der Waals surface area contributed by atoms with Crippen molar-refractivity contribution >= 4 is 10.0 Å². The van der Waals surface area contributed by atoms with Gasteiger partial charge in [-0.1, -0.05) is 25.1 Å². The van der Waals surface area contributed by atoms with E-state index in [-0.39, 0.29) is 6.04 Å². The monoisotopic (exact) mass is 241 g/mol. The van der Waals surface area contributed by atoms with Crippen molar-refractivity contribution in [2.75, 3.05) is 6.26 Å². The average molecular weight is 241 g/mol. The first kappa shape index (κ1) is 13.2. The fourth-order valence-corrected chi connectivity index (χ4v) is 2.45. The summed E-state index contributed by atoms with van der Waals surface area (Å²) in [6.45, 7) is 6.05. The summed E-state index contributed by atoms with van der Waals surface area (Å²) in [5.74, 6) is 0. The summed E-state index contributed by atoms with van der Waals surface area (Å²) in [6.07, 6.45) is 1.94. The molecule has 0 heterocycles. The smallest absolute Gasteiger partial charge is 0.209 e. The van der Waals surface area contributed by atoms with Gasteiger partial charge in [0, 0.05) is 6.04 Å². The summed E-state index contributed by atoms with van der Waals surface area (Å²) in [5.41, 5.74) is 3.43. The Morgan fingerprint density at radius 3 is 2.31 bits per heavy atom. The third-order valence-electron chi connectivity index (χ3n) is 2.70. The first-order valence-corrected chi connectivity index (χ1v) is 7.27. The summed E-state index contributed by atoms with van der Waals surface area (Å²) in [6, 6.07) is 5.92. The van der Waals surface area contributed by atoms with E-state index in [0.29, 0.717) is 0 Å². The van der Waals surface area contributed by atoms with E-state index in [2.05, 4.69) is 4.72 Å². The zero-order valence-corrected chi connectivity index (χ0v) is 11.1. The largest absolute Gasteiger partial charge is 0.213 e. The van der Waals surface area contributed by atoms with E-state index in [0.717, 1.165) is 12.0 Å². The van der Waals surface area contributed by atoms with Crippen molar-refractivity contribution in [2.24, 2.45) is 0 Å². The minimum atomic E-state index is -3.16. The molecule has 0 spiro atoms. The minimum Gasteiger partial charge on any atom is -0.213 e. The van der Waals surface area contributed by atoms with E-state index in [1.807, 2.05) is 39.0 Å². The second-order valence-corrected chi connectivity index (χ2v) is 5.97. The van der Waals surface area contributed by atoms with Crippen LogP contribution in [-0.4, -0.2) is 14.7 Å². The average Bonchev–Trinajstić information content (AvgIpc) is 2.17. The number of nitrogens with one attached hydrogen (secondary N) is 1. The van der Waals surface area contributed by atoms with Gasteiger partial charge in [-0.2, -0.15) is 0 Å². The fourth-order valence-electron chi connectivity index (χ4n) is 1.63. The predicted molar refractivity (Wildman–Crippen MR) is 66.9 cm³/mol. The van der Waals surface area contributed by atoms with E-state index in [1.165, 1.54) is 17.4 Å². The van der Waals surface area contributed by atoms with Gasteiger partial charge in [-0.05, 0) is 37.0 Å². The highest BCUT2D eigenvalue weighted by Crippen LogP contribution is 2.20. The van der Waals surface area contributed by atoms with Crippen LogP contribution < -0.4 is 4.72 Å². The Kier molecular flexibility index (Phi) is 4.10. The van der Waals surface area contributed by atoms with Gasteiger partial charge >= 0.3 is 0 Å². The van der Waals surface area contributed by atoms with Crippen LogP contribution in [-0.2, 0) is 10.0 Å². The lowest BCUT2D eigenvalue weighted by Crippen LogP contribution is -2.27. The maximum absolute atomic E-state index is 11.2. The zero-order valence-electron chi connectivity index (χ0n) is 10.2. The summed E-state index contributed by atoms with van der Waals surface area (Å²) in [4.78, 5) is 0. The molecule has 0 unspecified atom stereocenters. The van der Waals surface area contributed by atoms with Crippen molar-refractivity contribution < 1.29 is 8.42 Å². The van der Waals surface area contributed by atoms with Crippen LogP contribution in [0.15, 0.2) is 18.2 Å². The standard InChI is InChI=1S/C12H19NO2S/c1-5-12(13-16(4,14)15)11-7-6-9(2)10(3)8-11/h6-8,12-13H,5H2,1-4H3/t12-/m0/s1. The lowest BCUT2D eigenvalue weighted by atomic mass is 10.0. The summed E-state index contributed by atoms with van der Waals surface area (Å²) in [5, 5.41) is 0. The molecule has 0 bridgehead atoms. The van der Waals surface area contributed by atoms with Crippen molar-refractivity contribution in [3.05, 3.63) is 34.9 Å². The van der Waals surface area contributed by atoms with Crippen LogP contribution in [0.4, 0.5) is 0 Å². The minimum absolute atomic E-state index is 0.130. The molecule has 0 aliphatic carbocycles. The van der Waals surface area contributed by atoms with Gasteiger partial charge in [-0.25, -0.2) is 13.1 Å². The Hall–Kier alpha value is -0.870. The Morgan fingerprint density at radius 1 is 1.25 bits per heavy atom. The number of sulfonamides is 1. The summed E-state index contributed by atoms with van der Waals surface area (Å²) >= 11 is 0. The van der Waals surface area contributed by atoms with Gasteiger partial charge < -0.3 is 0 Å². The lowest BCUT2D eigenvalue weighted by molar-refractivity contribution is 0.555. The first-order chi connectivity index (χ1) is 7.33. The normalized spacial score (nSPS) is 13.8. The summed E-state index contributed by atoms with van der Waals surface area (Å²) in [7, 11) is -3.16.